The van der Waals surface area contributed by atoms with E-state index in [9.17, 15) is 37.0 Å². The largest absolute Gasteiger partial charge is 0.433 e. The Kier molecular flexibility index (Phi) is 8.04. The van der Waals surface area contributed by atoms with Gasteiger partial charge in [-0.3, -0.25) is 4.57 Å². The molecule has 0 bridgehead atoms. The molecule has 0 saturated heterocycles. The predicted octanol–water partition coefficient (Wildman–Crippen LogP) is 3.57. The molecule has 2 heterocycles. The molecule has 0 aliphatic carbocycles. The third-order valence-corrected chi connectivity index (χ3v) is 5.66. The molecule has 208 valence electrons. The van der Waals surface area contributed by atoms with Gasteiger partial charge in [0, 0.05) is 10.6 Å². The van der Waals surface area contributed by atoms with Crippen molar-refractivity contribution < 1.29 is 36.9 Å². The van der Waals surface area contributed by atoms with Gasteiger partial charge in [-0.05, 0) is 43.3 Å². The number of ether oxygens (including phenoxy) is 1. The number of para-hydroxylation sites is 2. The highest BCUT2D eigenvalue weighted by Gasteiger charge is 2.39. The molecule has 0 aliphatic heterocycles. The average Bonchev–Trinajstić information content (AvgIpc) is 3.41. The molecular weight excluding hydrogens is 555 g/mol. The molecule has 4 aromatic rings. The zero-order chi connectivity index (χ0) is 28.5. The van der Waals surface area contributed by atoms with E-state index in [0.717, 1.165) is 9.36 Å². The Morgan fingerprint density at radius 1 is 1.05 bits per heavy atom. The van der Waals surface area contributed by atoms with Crippen LogP contribution in [-0.2, 0) is 13.1 Å². The number of benzene rings is 2. The maximum atomic E-state index is 13.1. The summed E-state index contributed by atoms with van der Waals surface area (Å²) in [7, 11) is 0. The Balaban J connectivity index is 1.77. The van der Waals surface area contributed by atoms with Crippen molar-refractivity contribution in [2.75, 3.05) is 0 Å². The van der Waals surface area contributed by atoms with Crippen molar-refractivity contribution in [3.8, 4) is 22.8 Å². The zero-order valence-electron chi connectivity index (χ0n) is 19.9. The molecule has 0 unspecified atom stereocenters. The van der Waals surface area contributed by atoms with Crippen LogP contribution in [0.1, 0.15) is 24.7 Å². The Labute approximate surface area is 221 Å². The van der Waals surface area contributed by atoms with Crippen LogP contribution in [0, 0.1) is 0 Å². The van der Waals surface area contributed by atoms with Gasteiger partial charge < -0.3 is 14.9 Å². The minimum absolute atomic E-state index is 0.0143. The molecule has 39 heavy (non-hydrogen) atoms. The van der Waals surface area contributed by atoms with E-state index in [1.54, 1.807) is 0 Å². The molecule has 2 aromatic carbocycles. The summed E-state index contributed by atoms with van der Waals surface area (Å²) in [5.41, 5.74) is -0.758. The van der Waals surface area contributed by atoms with Gasteiger partial charge in [0.1, 0.15) is 18.3 Å². The summed E-state index contributed by atoms with van der Waals surface area (Å²) in [6, 6.07) is 11.4. The second kappa shape index (κ2) is 11.1. The van der Waals surface area contributed by atoms with Gasteiger partial charge in [0.15, 0.2) is 29.3 Å². The fourth-order valence-corrected chi connectivity index (χ4v) is 3.77. The van der Waals surface area contributed by atoms with E-state index in [1.807, 2.05) is 0 Å². The number of aromatic nitrogens is 6. The van der Waals surface area contributed by atoms with Gasteiger partial charge in [-0.2, -0.15) is 22.0 Å². The van der Waals surface area contributed by atoms with Gasteiger partial charge >= 0.3 is 18.5 Å². The van der Waals surface area contributed by atoms with Crippen molar-refractivity contribution in [2.45, 2.75) is 45.0 Å². The second-order valence-electron chi connectivity index (χ2n) is 8.26. The number of alkyl halides is 5. The number of rotatable bonds is 9. The predicted molar refractivity (Wildman–Crippen MR) is 127 cm³/mol. The second-order valence-corrected chi connectivity index (χ2v) is 8.70. The van der Waals surface area contributed by atoms with Gasteiger partial charge in [0.05, 0.1) is 6.54 Å². The SMILES string of the molecule is C[C@H](O)c1nc(Cn2nc(-c3ccc(Cl)cc3)n(C[C@H](O)C(F)(F)F)c2=O)nn1-c1ccccc1OC(F)F. The first kappa shape index (κ1) is 28.2. The molecule has 2 atom stereocenters. The summed E-state index contributed by atoms with van der Waals surface area (Å²) >= 11 is 5.89. The van der Waals surface area contributed by atoms with Crippen molar-refractivity contribution in [1.82, 2.24) is 29.1 Å². The van der Waals surface area contributed by atoms with E-state index in [-0.39, 0.29) is 34.5 Å². The molecule has 4 rings (SSSR count). The quantitative estimate of drug-likeness (QED) is 0.293. The summed E-state index contributed by atoms with van der Waals surface area (Å²) < 4.78 is 72.1. The van der Waals surface area contributed by atoms with Crippen LogP contribution in [-0.4, -0.2) is 58.2 Å². The van der Waals surface area contributed by atoms with E-state index in [1.165, 1.54) is 55.5 Å². The highest BCUT2D eigenvalue weighted by atomic mass is 35.5. The van der Waals surface area contributed by atoms with E-state index in [0.29, 0.717) is 9.59 Å². The summed E-state index contributed by atoms with van der Waals surface area (Å²) in [5.74, 6) is -0.666. The number of aliphatic hydroxyl groups excluding tert-OH is 2. The van der Waals surface area contributed by atoms with Gasteiger partial charge in [0.2, 0.25) is 0 Å². The van der Waals surface area contributed by atoms with Gasteiger partial charge in [-0.15, -0.1) is 10.2 Å². The van der Waals surface area contributed by atoms with Crippen molar-refractivity contribution in [1.29, 1.82) is 0 Å². The smallest absolute Gasteiger partial charge is 0.416 e. The third-order valence-electron chi connectivity index (χ3n) is 5.41. The molecular formula is C23H20ClF5N6O4. The summed E-state index contributed by atoms with van der Waals surface area (Å²) in [6.07, 6.45) is -9.10. The van der Waals surface area contributed by atoms with Crippen molar-refractivity contribution in [3.63, 3.8) is 0 Å². The standard InChI is InChI=1S/C23H20ClF5N6O4/c1-12(36)19-30-18(31-35(19)15-4-2-3-5-16(15)39-21(25)26)11-34-22(38)33(10-17(37)23(27,28)29)20(32-34)13-6-8-14(24)9-7-13/h2-9,12,17,21,36-37H,10-11H2,1H3/t12-,17-/m0/s1. The molecule has 0 amide bonds. The number of aliphatic hydroxyl groups is 2. The minimum atomic E-state index is -5.00. The van der Waals surface area contributed by atoms with Crippen molar-refractivity contribution >= 4 is 11.6 Å². The first-order valence-corrected chi connectivity index (χ1v) is 11.6. The highest BCUT2D eigenvalue weighted by Crippen LogP contribution is 2.27. The molecule has 10 nitrogen and oxygen atoms in total. The average molecular weight is 575 g/mol. The van der Waals surface area contributed by atoms with E-state index >= 15 is 0 Å². The lowest BCUT2D eigenvalue weighted by Gasteiger charge is -2.15. The lowest BCUT2D eigenvalue weighted by atomic mass is 10.2. The molecule has 2 aromatic heterocycles. The van der Waals surface area contributed by atoms with E-state index in [2.05, 4.69) is 19.9 Å². The first-order valence-electron chi connectivity index (χ1n) is 11.2. The lowest BCUT2D eigenvalue weighted by molar-refractivity contribution is -0.207. The van der Waals surface area contributed by atoms with Gasteiger partial charge in [-0.1, -0.05) is 23.7 Å². The monoisotopic (exact) mass is 574 g/mol. The van der Waals surface area contributed by atoms with Crippen LogP contribution in [0.25, 0.3) is 17.1 Å². The highest BCUT2D eigenvalue weighted by molar-refractivity contribution is 6.30. The molecule has 16 heteroatoms. The summed E-state index contributed by atoms with van der Waals surface area (Å²) in [4.78, 5) is 17.3. The van der Waals surface area contributed by atoms with Crippen molar-refractivity contribution in [2.24, 2.45) is 0 Å². The Morgan fingerprint density at radius 3 is 2.33 bits per heavy atom. The molecule has 2 N–H and O–H groups in total. The van der Waals surface area contributed by atoms with Crippen LogP contribution < -0.4 is 10.4 Å². The lowest BCUT2D eigenvalue weighted by Crippen LogP contribution is -2.37. The normalized spacial score (nSPS) is 13.6. The van der Waals surface area contributed by atoms with E-state index < -0.39 is 43.8 Å². The molecule has 0 aliphatic rings. The molecule has 0 fully saturated rings. The minimum Gasteiger partial charge on any atom is -0.433 e. The molecule has 0 spiro atoms. The van der Waals surface area contributed by atoms with E-state index in [4.69, 9.17) is 11.6 Å². The Bertz CT molecular complexity index is 1500. The van der Waals surface area contributed by atoms with Crippen LogP contribution in [0.15, 0.2) is 53.3 Å². The first-order chi connectivity index (χ1) is 18.3. The van der Waals surface area contributed by atoms with Crippen LogP contribution in [0.2, 0.25) is 5.02 Å². The van der Waals surface area contributed by atoms with Crippen LogP contribution in [0.4, 0.5) is 22.0 Å². The van der Waals surface area contributed by atoms with Crippen LogP contribution in [0.5, 0.6) is 5.75 Å². The number of hydrogen-bond acceptors (Lipinski definition) is 7. The van der Waals surface area contributed by atoms with Gasteiger partial charge in [-0.25, -0.2) is 19.1 Å². The number of halogens is 6. The topological polar surface area (TPSA) is 120 Å². The van der Waals surface area contributed by atoms with Crippen LogP contribution in [0.3, 0.4) is 0 Å². The number of nitrogens with zero attached hydrogens (tertiary/aromatic N) is 6. The molecule has 0 radical (unpaired) electrons. The fourth-order valence-electron chi connectivity index (χ4n) is 3.64. The zero-order valence-corrected chi connectivity index (χ0v) is 20.7. The Morgan fingerprint density at radius 2 is 1.72 bits per heavy atom. The maximum absolute atomic E-state index is 13.1. The summed E-state index contributed by atoms with van der Waals surface area (Å²) in [6.45, 7) is -3.41. The summed E-state index contributed by atoms with van der Waals surface area (Å²) in [5, 5.41) is 28.5. The maximum Gasteiger partial charge on any atom is 0.416 e. The number of hydrogen-bond donors (Lipinski definition) is 2. The third kappa shape index (κ3) is 6.26. The van der Waals surface area contributed by atoms with Crippen LogP contribution >= 0.6 is 11.6 Å². The molecule has 0 saturated carbocycles. The fraction of sp³-hybridized carbons (Fsp3) is 0.304. The van der Waals surface area contributed by atoms with Crippen molar-refractivity contribution in [3.05, 3.63) is 75.7 Å². The van der Waals surface area contributed by atoms with Gasteiger partial charge in [0.25, 0.3) is 0 Å². The Hall–Kier alpha value is -3.82.